The minimum atomic E-state index is -0.203. The van der Waals surface area contributed by atoms with Crippen LogP contribution in [-0.2, 0) is 4.74 Å². The Morgan fingerprint density at radius 3 is 2.94 bits per heavy atom. The van der Waals surface area contributed by atoms with Gasteiger partial charge >= 0.3 is 0 Å². The van der Waals surface area contributed by atoms with Crippen LogP contribution >= 0.6 is 11.6 Å². The monoisotopic (exact) mass is 270 g/mol. The molecule has 0 fully saturated rings. The Bertz CT molecular complexity index is 372. The number of hydrogen-bond acceptors (Lipinski definition) is 3. The van der Waals surface area contributed by atoms with Gasteiger partial charge in [0.25, 0.3) is 5.91 Å². The van der Waals surface area contributed by atoms with Crippen LogP contribution in [0, 0.1) is 0 Å². The van der Waals surface area contributed by atoms with E-state index in [0.29, 0.717) is 23.9 Å². The highest BCUT2D eigenvalue weighted by Gasteiger charge is 2.06. The third kappa shape index (κ3) is 5.98. The first kappa shape index (κ1) is 14.9. The highest BCUT2D eigenvalue weighted by atomic mass is 35.5. The highest BCUT2D eigenvalue weighted by molar-refractivity contribution is 6.30. The first-order valence-electron chi connectivity index (χ1n) is 6.21. The van der Waals surface area contributed by atoms with Gasteiger partial charge in [0, 0.05) is 31.0 Å². The van der Waals surface area contributed by atoms with Gasteiger partial charge < -0.3 is 10.1 Å². The molecule has 5 heteroatoms. The minimum absolute atomic E-state index is 0.203. The summed E-state index contributed by atoms with van der Waals surface area (Å²) in [6.07, 6.45) is 4.54. The maximum atomic E-state index is 11.7. The second kappa shape index (κ2) is 8.89. The number of nitrogens with one attached hydrogen (secondary N) is 1. The Labute approximate surface area is 113 Å². The summed E-state index contributed by atoms with van der Waals surface area (Å²) in [5, 5.41) is 3.29. The quantitative estimate of drug-likeness (QED) is 0.739. The zero-order valence-corrected chi connectivity index (χ0v) is 11.4. The fourth-order valence-corrected chi connectivity index (χ4v) is 1.50. The Hall–Kier alpha value is -1.13. The summed E-state index contributed by atoms with van der Waals surface area (Å²) >= 11 is 5.78. The van der Waals surface area contributed by atoms with Crippen LogP contribution in [0.5, 0.6) is 0 Å². The van der Waals surface area contributed by atoms with Crippen molar-refractivity contribution in [3.63, 3.8) is 0 Å². The fourth-order valence-electron chi connectivity index (χ4n) is 1.34. The predicted octanol–water partition coefficient (Wildman–Crippen LogP) is 2.67. The summed E-state index contributed by atoms with van der Waals surface area (Å²) in [4.78, 5) is 15.6. The number of hydrogen-bond donors (Lipinski definition) is 1. The van der Waals surface area contributed by atoms with Gasteiger partial charge in [0.05, 0.1) is 0 Å². The lowest BCUT2D eigenvalue weighted by Crippen LogP contribution is -2.26. The number of aromatic nitrogens is 1. The van der Waals surface area contributed by atoms with Crippen molar-refractivity contribution in [2.45, 2.75) is 26.2 Å². The van der Waals surface area contributed by atoms with Crippen molar-refractivity contribution >= 4 is 17.5 Å². The summed E-state index contributed by atoms with van der Waals surface area (Å²) in [5.74, 6) is -0.203. The van der Waals surface area contributed by atoms with Crippen molar-refractivity contribution in [2.24, 2.45) is 0 Å². The van der Waals surface area contributed by atoms with Gasteiger partial charge in [0.15, 0.2) is 0 Å². The van der Waals surface area contributed by atoms with Crippen molar-refractivity contribution in [3.05, 3.63) is 29.0 Å². The molecule has 1 amide bonds. The number of amides is 1. The first-order valence-corrected chi connectivity index (χ1v) is 6.59. The van der Waals surface area contributed by atoms with Crippen molar-refractivity contribution in [2.75, 3.05) is 19.8 Å². The number of unbranched alkanes of at least 4 members (excludes halogenated alkanes) is 1. The molecule has 0 aliphatic carbocycles. The number of nitrogens with zero attached hydrogens (tertiary/aromatic N) is 1. The molecule has 18 heavy (non-hydrogen) atoms. The summed E-state index contributed by atoms with van der Waals surface area (Å²) < 4.78 is 5.39. The number of halogens is 1. The number of rotatable bonds is 8. The molecule has 1 aromatic heterocycles. The van der Waals surface area contributed by atoms with Crippen LogP contribution in [0.3, 0.4) is 0 Å². The maximum absolute atomic E-state index is 11.7. The molecule has 1 aromatic rings. The van der Waals surface area contributed by atoms with E-state index in [9.17, 15) is 4.79 Å². The molecule has 0 atom stereocenters. The number of carbonyl (C=O) groups is 1. The van der Waals surface area contributed by atoms with E-state index in [1.54, 1.807) is 12.1 Å². The van der Waals surface area contributed by atoms with Gasteiger partial charge in [0.2, 0.25) is 0 Å². The summed E-state index contributed by atoms with van der Waals surface area (Å²) in [5.41, 5.74) is 0.342. The lowest BCUT2D eigenvalue weighted by atomic mass is 10.3. The molecule has 0 aliphatic heterocycles. The molecule has 1 N–H and O–H groups in total. The maximum Gasteiger partial charge on any atom is 0.269 e. The molecule has 0 saturated carbocycles. The third-order valence-electron chi connectivity index (χ3n) is 2.35. The van der Waals surface area contributed by atoms with Crippen LogP contribution in [0.25, 0.3) is 0 Å². The van der Waals surface area contributed by atoms with Gasteiger partial charge in [-0.1, -0.05) is 24.9 Å². The average molecular weight is 271 g/mol. The normalized spacial score (nSPS) is 10.3. The molecule has 0 radical (unpaired) electrons. The smallest absolute Gasteiger partial charge is 0.269 e. The molecular weight excluding hydrogens is 252 g/mol. The van der Waals surface area contributed by atoms with Gasteiger partial charge in [-0.05, 0) is 25.0 Å². The number of carbonyl (C=O) groups excluding carboxylic acids is 1. The van der Waals surface area contributed by atoms with E-state index in [-0.39, 0.29) is 5.91 Å². The van der Waals surface area contributed by atoms with E-state index in [2.05, 4.69) is 17.2 Å². The van der Waals surface area contributed by atoms with E-state index in [0.717, 1.165) is 25.9 Å². The lowest BCUT2D eigenvalue weighted by molar-refractivity contribution is 0.0935. The molecule has 100 valence electrons. The minimum Gasteiger partial charge on any atom is -0.381 e. The summed E-state index contributed by atoms with van der Waals surface area (Å²) in [6.45, 7) is 4.17. The van der Waals surface area contributed by atoms with Gasteiger partial charge in [-0.15, -0.1) is 0 Å². The van der Waals surface area contributed by atoms with Crippen LogP contribution in [0.1, 0.15) is 36.7 Å². The molecule has 0 aromatic carbocycles. The van der Waals surface area contributed by atoms with Crippen molar-refractivity contribution in [3.8, 4) is 0 Å². The summed E-state index contributed by atoms with van der Waals surface area (Å²) in [7, 11) is 0. The molecule has 0 saturated heterocycles. The molecule has 0 unspecified atom stereocenters. The standard InChI is InChI=1S/C13H19ClN2O2/c1-2-3-8-18-9-4-6-16-13(17)12-10-11(14)5-7-15-12/h5,7,10H,2-4,6,8-9H2,1H3,(H,16,17). The van der Waals surface area contributed by atoms with Gasteiger partial charge in [-0.2, -0.15) is 0 Å². The molecule has 1 heterocycles. The zero-order valence-electron chi connectivity index (χ0n) is 10.6. The van der Waals surface area contributed by atoms with Crippen LogP contribution < -0.4 is 5.32 Å². The van der Waals surface area contributed by atoms with Gasteiger partial charge in [-0.25, -0.2) is 0 Å². The average Bonchev–Trinajstić information content (AvgIpc) is 2.37. The van der Waals surface area contributed by atoms with Crippen molar-refractivity contribution < 1.29 is 9.53 Å². The molecule has 4 nitrogen and oxygen atoms in total. The van der Waals surface area contributed by atoms with E-state index < -0.39 is 0 Å². The van der Waals surface area contributed by atoms with Gasteiger partial charge in [-0.3, -0.25) is 9.78 Å². The lowest BCUT2D eigenvalue weighted by Gasteiger charge is -2.05. The predicted molar refractivity (Wildman–Crippen MR) is 71.9 cm³/mol. The van der Waals surface area contributed by atoms with Crippen molar-refractivity contribution in [1.82, 2.24) is 10.3 Å². The SMILES string of the molecule is CCCCOCCCNC(=O)c1cc(Cl)ccn1. The molecular formula is C13H19ClN2O2. The fraction of sp³-hybridized carbons (Fsp3) is 0.538. The summed E-state index contributed by atoms with van der Waals surface area (Å²) in [6, 6.07) is 3.19. The largest absolute Gasteiger partial charge is 0.381 e. The zero-order chi connectivity index (χ0) is 13.2. The Morgan fingerprint density at radius 1 is 1.44 bits per heavy atom. The van der Waals surface area contributed by atoms with E-state index in [1.165, 1.54) is 6.20 Å². The molecule has 0 bridgehead atoms. The van der Waals surface area contributed by atoms with Gasteiger partial charge in [0.1, 0.15) is 5.69 Å². The molecule has 0 spiro atoms. The highest BCUT2D eigenvalue weighted by Crippen LogP contribution is 2.07. The van der Waals surface area contributed by atoms with E-state index in [4.69, 9.17) is 16.3 Å². The van der Waals surface area contributed by atoms with Crippen LogP contribution in [0.2, 0.25) is 5.02 Å². The van der Waals surface area contributed by atoms with Crippen LogP contribution in [0.15, 0.2) is 18.3 Å². The van der Waals surface area contributed by atoms with Crippen LogP contribution in [0.4, 0.5) is 0 Å². The Morgan fingerprint density at radius 2 is 2.22 bits per heavy atom. The van der Waals surface area contributed by atoms with Crippen LogP contribution in [-0.4, -0.2) is 30.6 Å². The van der Waals surface area contributed by atoms with E-state index >= 15 is 0 Å². The molecule has 0 aliphatic rings. The topological polar surface area (TPSA) is 51.2 Å². The number of ether oxygens (including phenoxy) is 1. The first-order chi connectivity index (χ1) is 8.74. The second-order valence-electron chi connectivity index (χ2n) is 3.93. The second-order valence-corrected chi connectivity index (χ2v) is 4.37. The van der Waals surface area contributed by atoms with E-state index in [1.807, 2.05) is 0 Å². The van der Waals surface area contributed by atoms with Crippen molar-refractivity contribution in [1.29, 1.82) is 0 Å². The Kier molecular flexibility index (Phi) is 7.37. The Balaban J connectivity index is 2.14. The molecule has 1 rings (SSSR count). The number of pyridine rings is 1. The third-order valence-corrected chi connectivity index (χ3v) is 2.58.